The van der Waals surface area contributed by atoms with E-state index in [2.05, 4.69) is 26.2 Å². The highest BCUT2D eigenvalue weighted by atomic mass is 32.2. The van der Waals surface area contributed by atoms with E-state index in [0.29, 0.717) is 11.5 Å². The van der Waals surface area contributed by atoms with Crippen LogP contribution in [-0.4, -0.2) is 18.2 Å². The van der Waals surface area contributed by atoms with E-state index in [1.165, 1.54) is 47.3 Å². The first-order chi connectivity index (χ1) is 13.3. The van der Waals surface area contributed by atoms with Crippen LogP contribution in [0, 0.1) is 0 Å². The molecule has 1 heterocycles. The second-order valence-corrected chi connectivity index (χ2v) is 7.18. The van der Waals surface area contributed by atoms with Crippen LogP contribution in [0.4, 0.5) is 11.5 Å². The lowest BCUT2D eigenvalue weighted by Crippen LogP contribution is -2.48. The lowest BCUT2D eigenvalue weighted by molar-refractivity contribution is 0.598. The summed E-state index contributed by atoms with van der Waals surface area (Å²) in [6.07, 6.45) is 1.53. The molecule has 12 heteroatoms. The Hall–Kier alpha value is -3.64. The van der Waals surface area contributed by atoms with Crippen LogP contribution in [0.15, 0.2) is 73.3 Å². The number of hydrogen-bond donors (Lipinski definition) is 3. The van der Waals surface area contributed by atoms with Gasteiger partial charge in [0.15, 0.2) is 5.36 Å². The van der Waals surface area contributed by atoms with Crippen molar-refractivity contribution in [3.05, 3.63) is 79.8 Å². The Bertz CT molecular complexity index is 1340. The number of primary sulfonamides is 1. The lowest BCUT2D eigenvalue weighted by Gasteiger charge is -2.01. The average molecular weight is 401 g/mol. The molecule has 2 aromatic carbocycles. The molecular formula is C16H15N7O4S. The molecular weight excluding hydrogens is 386 g/mol. The van der Waals surface area contributed by atoms with Crippen molar-refractivity contribution in [2.24, 2.45) is 22.4 Å². The van der Waals surface area contributed by atoms with Crippen molar-refractivity contribution in [2.75, 3.05) is 10.9 Å². The largest absolute Gasteiger partial charge is 0.287 e. The van der Waals surface area contributed by atoms with Gasteiger partial charge in [-0.25, -0.2) is 13.6 Å². The summed E-state index contributed by atoms with van der Waals surface area (Å²) in [6.45, 7) is 0. The number of hydrogen-bond acceptors (Lipinski definition) is 9. The van der Waals surface area contributed by atoms with Crippen LogP contribution in [0.1, 0.15) is 0 Å². The molecule has 0 spiro atoms. The third-order valence-electron chi connectivity index (χ3n) is 3.67. The molecule has 0 fully saturated rings. The predicted octanol–water partition coefficient (Wildman–Crippen LogP) is -1.48. The molecule has 11 nitrogen and oxygen atoms in total. The molecule has 0 aliphatic rings. The Kier molecular flexibility index (Phi) is 5.15. The van der Waals surface area contributed by atoms with Gasteiger partial charge < -0.3 is 0 Å². The van der Waals surface area contributed by atoms with Gasteiger partial charge in [0, 0.05) is 13.1 Å². The normalized spacial score (nSPS) is 12.9. The SMILES string of the molecule is Cn1nccc1N/N=c1\c(=O)cc/c(=N\Nc2ccc(S(N)(=O)=O)cc2)c1=O. The van der Waals surface area contributed by atoms with Gasteiger partial charge in [0.05, 0.1) is 16.8 Å². The summed E-state index contributed by atoms with van der Waals surface area (Å²) in [4.78, 5) is 24.4. The number of rotatable bonds is 5. The first kappa shape index (κ1) is 19.1. The zero-order chi connectivity index (χ0) is 20.3. The van der Waals surface area contributed by atoms with E-state index >= 15 is 0 Å². The van der Waals surface area contributed by atoms with Gasteiger partial charge in [-0.2, -0.15) is 15.3 Å². The lowest BCUT2D eigenvalue weighted by atomic mass is 10.3. The van der Waals surface area contributed by atoms with Gasteiger partial charge in [0.25, 0.3) is 0 Å². The molecule has 0 radical (unpaired) electrons. The number of sulfonamides is 1. The number of nitrogens with zero attached hydrogens (tertiary/aromatic N) is 4. The maximum atomic E-state index is 12.5. The molecule has 1 aromatic heterocycles. The highest BCUT2D eigenvalue weighted by Gasteiger charge is 2.06. The zero-order valence-corrected chi connectivity index (χ0v) is 15.3. The fraction of sp³-hybridized carbons (Fsp3) is 0.0625. The van der Waals surface area contributed by atoms with E-state index in [1.54, 1.807) is 13.1 Å². The Morgan fingerprint density at radius 1 is 1.00 bits per heavy atom. The fourth-order valence-electron chi connectivity index (χ4n) is 2.18. The van der Waals surface area contributed by atoms with Gasteiger partial charge in [-0.05, 0) is 36.4 Å². The molecule has 0 saturated carbocycles. The van der Waals surface area contributed by atoms with Gasteiger partial charge in [-0.3, -0.25) is 25.1 Å². The van der Waals surface area contributed by atoms with E-state index < -0.39 is 20.9 Å². The molecule has 0 aliphatic carbocycles. The Morgan fingerprint density at radius 2 is 1.71 bits per heavy atom. The van der Waals surface area contributed by atoms with Crippen LogP contribution in [0.25, 0.3) is 0 Å². The smallest absolute Gasteiger partial charge is 0.238 e. The monoisotopic (exact) mass is 401 g/mol. The topological polar surface area (TPSA) is 161 Å². The van der Waals surface area contributed by atoms with Crippen LogP contribution in [0.5, 0.6) is 0 Å². The standard InChI is InChI=1S/C16H15N7O4S/c1-23-14(8-9-18-23)21-22-15-13(24)7-6-12(16(15)25)20-19-10-2-4-11(5-3-10)28(17,26)27/h2-9,19,21H,1H3,(H2,17,26,27)/b20-12+,22-15+. The van der Waals surface area contributed by atoms with Crippen molar-refractivity contribution in [2.45, 2.75) is 4.90 Å². The van der Waals surface area contributed by atoms with E-state index in [1.807, 2.05) is 0 Å². The number of anilines is 2. The van der Waals surface area contributed by atoms with Crippen molar-refractivity contribution in [3.8, 4) is 0 Å². The number of aryl methyl sites for hydroxylation is 1. The molecule has 28 heavy (non-hydrogen) atoms. The Morgan fingerprint density at radius 3 is 2.32 bits per heavy atom. The molecule has 4 N–H and O–H groups in total. The summed E-state index contributed by atoms with van der Waals surface area (Å²) in [5.41, 5.74) is 4.42. The molecule has 3 aromatic rings. The van der Waals surface area contributed by atoms with Crippen LogP contribution >= 0.6 is 0 Å². The first-order valence-electron chi connectivity index (χ1n) is 7.81. The van der Waals surface area contributed by atoms with Crippen molar-refractivity contribution in [3.63, 3.8) is 0 Å². The summed E-state index contributed by atoms with van der Waals surface area (Å²) < 4.78 is 24.0. The molecule has 144 valence electrons. The van der Waals surface area contributed by atoms with E-state index in [-0.39, 0.29) is 15.6 Å². The van der Waals surface area contributed by atoms with Crippen molar-refractivity contribution < 1.29 is 8.42 Å². The molecule has 3 rings (SSSR count). The molecule has 0 saturated heterocycles. The highest BCUT2D eigenvalue weighted by molar-refractivity contribution is 7.89. The predicted molar refractivity (Wildman–Crippen MR) is 101 cm³/mol. The summed E-state index contributed by atoms with van der Waals surface area (Å²) in [5, 5.41) is 16.4. The minimum absolute atomic E-state index is 0.0410. The molecule has 0 amide bonds. The quantitative estimate of drug-likeness (QED) is 0.439. The minimum atomic E-state index is -3.80. The summed E-state index contributed by atoms with van der Waals surface area (Å²) in [5.74, 6) is 0.495. The third kappa shape index (κ3) is 4.19. The third-order valence-corrected chi connectivity index (χ3v) is 4.59. The van der Waals surface area contributed by atoms with Gasteiger partial charge in [0.2, 0.25) is 20.9 Å². The van der Waals surface area contributed by atoms with E-state index in [4.69, 9.17) is 5.14 Å². The summed E-state index contributed by atoms with van der Waals surface area (Å²) >= 11 is 0. The molecule has 0 aliphatic heterocycles. The maximum absolute atomic E-state index is 12.5. The zero-order valence-electron chi connectivity index (χ0n) is 14.5. The van der Waals surface area contributed by atoms with Gasteiger partial charge >= 0.3 is 0 Å². The highest BCUT2D eigenvalue weighted by Crippen LogP contribution is 2.12. The van der Waals surface area contributed by atoms with Crippen LogP contribution in [-0.2, 0) is 17.1 Å². The Labute approximate surface area is 158 Å². The number of nitrogens with two attached hydrogens (primary N) is 1. The molecule has 0 bridgehead atoms. The van der Waals surface area contributed by atoms with Crippen molar-refractivity contribution in [1.82, 2.24) is 9.78 Å². The maximum Gasteiger partial charge on any atom is 0.238 e. The fourth-order valence-corrected chi connectivity index (χ4v) is 2.69. The minimum Gasteiger partial charge on any atom is -0.287 e. The number of nitrogens with one attached hydrogen (secondary N) is 2. The van der Waals surface area contributed by atoms with E-state index in [0.717, 1.165) is 0 Å². The summed E-state index contributed by atoms with van der Waals surface area (Å²) in [7, 11) is -2.13. The average Bonchev–Trinajstić information content (AvgIpc) is 3.05. The van der Waals surface area contributed by atoms with Gasteiger partial charge in [-0.15, -0.1) is 0 Å². The number of benzene rings is 2. The molecule has 0 atom stereocenters. The van der Waals surface area contributed by atoms with Crippen LogP contribution in [0.2, 0.25) is 0 Å². The Balaban J connectivity index is 1.92. The van der Waals surface area contributed by atoms with E-state index in [9.17, 15) is 18.0 Å². The first-order valence-corrected chi connectivity index (χ1v) is 9.36. The second-order valence-electron chi connectivity index (χ2n) is 5.62. The second kappa shape index (κ2) is 7.54. The van der Waals surface area contributed by atoms with Crippen LogP contribution < -0.4 is 37.6 Å². The number of aromatic nitrogens is 2. The van der Waals surface area contributed by atoms with Crippen molar-refractivity contribution in [1.29, 1.82) is 0 Å². The van der Waals surface area contributed by atoms with Crippen molar-refractivity contribution >= 4 is 21.5 Å². The van der Waals surface area contributed by atoms with Gasteiger partial charge in [-0.1, -0.05) is 0 Å². The molecule has 0 unspecified atom stereocenters. The summed E-state index contributed by atoms with van der Waals surface area (Å²) in [6, 6.07) is 9.53. The van der Waals surface area contributed by atoms with Crippen LogP contribution in [0.3, 0.4) is 0 Å². The van der Waals surface area contributed by atoms with Gasteiger partial charge in [0.1, 0.15) is 11.2 Å².